The second kappa shape index (κ2) is 9.42. The smallest absolute Gasteiger partial charge is 0.161 e. The van der Waals surface area contributed by atoms with E-state index in [1.807, 2.05) is 39.0 Å². The number of hydrogen-bond acceptors (Lipinski definition) is 4. The molecule has 0 aliphatic carbocycles. The maximum Gasteiger partial charge on any atom is 0.161 e. The summed E-state index contributed by atoms with van der Waals surface area (Å²) in [6.07, 6.45) is 0.133. The fourth-order valence-electron chi connectivity index (χ4n) is 1.80. The molecule has 0 aliphatic heterocycles. The summed E-state index contributed by atoms with van der Waals surface area (Å²) >= 11 is 0. The SMILES string of the molecule is C=C(C)COCCNCc1ccc(OC(C)C)c(OC)c1. The van der Waals surface area contributed by atoms with Crippen LogP contribution in [0.25, 0.3) is 0 Å². The molecule has 0 saturated heterocycles. The molecule has 0 unspecified atom stereocenters. The quantitative estimate of drug-likeness (QED) is 0.531. The van der Waals surface area contributed by atoms with E-state index in [0.717, 1.165) is 35.7 Å². The Morgan fingerprint density at radius 2 is 2.05 bits per heavy atom. The van der Waals surface area contributed by atoms with Gasteiger partial charge in [0, 0.05) is 13.1 Å². The monoisotopic (exact) mass is 293 g/mol. The van der Waals surface area contributed by atoms with Crippen molar-refractivity contribution in [3.8, 4) is 11.5 Å². The summed E-state index contributed by atoms with van der Waals surface area (Å²) < 4.78 is 16.5. The van der Waals surface area contributed by atoms with Gasteiger partial charge in [-0.15, -0.1) is 0 Å². The van der Waals surface area contributed by atoms with Crippen LogP contribution < -0.4 is 14.8 Å². The van der Waals surface area contributed by atoms with Crippen molar-refractivity contribution in [2.75, 3.05) is 26.9 Å². The van der Waals surface area contributed by atoms with Crippen LogP contribution in [-0.2, 0) is 11.3 Å². The number of methoxy groups -OCH3 is 1. The molecule has 0 heterocycles. The van der Waals surface area contributed by atoms with E-state index < -0.39 is 0 Å². The van der Waals surface area contributed by atoms with Gasteiger partial charge in [-0.25, -0.2) is 0 Å². The van der Waals surface area contributed by atoms with Crippen molar-refractivity contribution in [1.82, 2.24) is 5.32 Å². The second-order valence-corrected chi connectivity index (χ2v) is 5.34. The van der Waals surface area contributed by atoms with E-state index >= 15 is 0 Å². The Hall–Kier alpha value is -1.52. The maximum atomic E-state index is 5.70. The van der Waals surface area contributed by atoms with Gasteiger partial charge in [0.1, 0.15) is 0 Å². The molecule has 118 valence electrons. The lowest BCUT2D eigenvalue weighted by Crippen LogP contribution is -2.19. The molecule has 1 N–H and O–H groups in total. The van der Waals surface area contributed by atoms with E-state index in [-0.39, 0.29) is 6.10 Å². The molecular formula is C17H27NO3. The van der Waals surface area contributed by atoms with Crippen LogP contribution >= 0.6 is 0 Å². The minimum atomic E-state index is 0.133. The fourth-order valence-corrected chi connectivity index (χ4v) is 1.80. The van der Waals surface area contributed by atoms with Crippen LogP contribution in [0.3, 0.4) is 0 Å². The molecule has 0 saturated carbocycles. The van der Waals surface area contributed by atoms with E-state index in [1.54, 1.807) is 7.11 Å². The number of nitrogens with one attached hydrogen (secondary N) is 1. The Bertz CT molecular complexity index is 444. The third kappa shape index (κ3) is 7.16. The number of rotatable bonds is 10. The maximum absolute atomic E-state index is 5.70. The zero-order valence-electron chi connectivity index (χ0n) is 13.6. The van der Waals surface area contributed by atoms with Crippen molar-refractivity contribution in [3.63, 3.8) is 0 Å². The Labute approximate surface area is 128 Å². The predicted octanol–water partition coefficient (Wildman–Crippen LogP) is 3.16. The van der Waals surface area contributed by atoms with Crippen LogP contribution in [0.4, 0.5) is 0 Å². The van der Waals surface area contributed by atoms with Gasteiger partial charge in [0.05, 0.1) is 26.4 Å². The number of hydrogen-bond donors (Lipinski definition) is 1. The molecule has 0 spiro atoms. The zero-order chi connectivity index (χ0) is 15.7. The third-order valence-electron chi connectivity index (χ3n) is 2.69. The number of ether oxygens (including phenoxy) is 3. The Balaban J connectivity index is 2.40. The molecular weight excluding hydrogens is 266 g/mol. The van der Waals surface area contributed by atoms with Crippen LogP contribution in [0.5, 0.6) is 11.5 Å². The van der Waals surface area contributed by atoms with E-state index in [1.165, 1.54) is 0 Å². The van der Waals surface area contributed by atoms with Gasteiger partial charge in [0.2, 0.25) is 0 Å². The van der Waals surface area contributed by atoms with Gasteiger partial charge in [-0.3, -0.25) is 0 Å². The molecule has 4 heteroatoms. The number of benzene rings is 1. The lowest BCUT2D eigenvalue weighted by atomic mass is 10.2. The van der Waals surface area contributed by atoms with E-state index in [4.69, 9.17) is 14.2 Å². The average molecular weight is 293 g/mol. The summed E-state index contributed by atoms with van der Waals surface area (Å²) in [7, 11) is 1.66. The molecule has 0 aromatic heterocycles. The van der Waals surface area contributed by atoms with Crippen molar-refractivity contribution in [1.29, 1.82) is 0 Å². The third-order valence-corrected chi connectivity index (χ3v) is 2.69. The van der Waals surface area contributed by atoms with Gasteiger partial charge in [-0.1, -0.05) is 18.2 Å². The first kappa shape index (κ1) is 17.5. The average Bonchev–Trinajstić information content (AvgIpc) is 2.43. The lowest BCUT2D eigenvalue weighted by molar-refractivity contribution is 0.157. The summed E-state index contributed by atoms with van der Waals surface area (Å²) in [5.74, 6) is 1.54. The fraction of sp³-hybridized carbons (Fsp3) is 0.529. The molecule has 1 rings (SSSR count). The molecule has 1 aromatic rings. The van der Waals surface area contributed by atoms with Gasteiger partial charge in [-0.2, -0.15) is 0 Å². The van der Waals surface area contributed by atoms with Crippen molar-refractivity contribution in [2.45, 2.75) is 33.4 Å². The Kier molecular flexibility index (Phi) is 7.87. The second-order valence-electron chi connectivity index (χ2n) is 5.34. The van der Waals surface area contributed by atoms with Crippen molar-refractivity contribution in [3.05, 3.63) is 35.9 Å². The minimum absolute atomic E-state index is 0.133. The van der Waals surface area contributed by atoms with Gasteiger partial charge in [-0.05, 0) is 38.5 Å². The van der Waals surface area contributed by atoms with Gasteiger partial charge >= 0.3 is 0 Å². The lowest BCUT2D eigenvalue weighted by Gasteiger charge is -2.14. The molecule has 21 heavy (non-hydrogen) atoms. The standard InChI is InChI=1S/C17H27NO3/c1-13(2)12-20-9-8-18-11-15-6-7-16(21-14(3)4)17(10-15)19-5/h6-7,10,14,18H,1,8-9,11-12H2,2-5H3. The summed E-state index contributed by atoms with van der Waals surface area (Å²) in [4.78, 5) is 0. The molecule has 1 aromatic carbocycles. The predicted molar refractivity (Wildman–Crippen MR) is 86.1 cm³/mol. The Morgan fingerprint density at radius 3 is 2.67 bits per heavy atom. The summed E-state index contributed by atoms with van der Waals surface area (Å²) in [5, 5.41) is 3.34. The highest BCUT2D eigenvalue weighted by atomic mass is 16.5. The normalized spacial score (nSPS) is 10.7. The van der Waals surface area contributed by atoms with Crippen molar-refractivity contribution < 1.29 is 14.2 Å². The largest absolute Gasteiger partial charge is 0.493 e. The first-order valence-corrected chi connectivity index (χ1v) is 7.29. The van der Waals surface area contributed by atoms with Crippen LogP contribution in [-0.4, -0.2) is 33.0 Å². The van der Waals surface area contributed by atoms with E-state index in [9.17, 15) is 0 Å². The molecule has 4 nitrogen and oxygen atoms in total. The topological polar surface area (TPSA) is 39.7 Å². The summed E-state index contributed by atoms with van der Waals surface area (Å²) in [6, 6.07) is 5.99. The summed E-state index contributed by atoms with van der Waals surface area (Å²) in [6.45, 7) is 12.6. The first-order valence-electron chi connectivity index (χ1n) is 7.29. The minimum Gasteiger partial charge on any atom is -0.493 e. The molecule has 0 atom stereocenters. The molecule has 0 aliphatic rings. The highest BCUT2D eigenvalue weighted by molar-refractivity contribution is 5.43. The first-order chi connectivity index (χ1) is 10.0. The van der Waals surface area contributed by atoms with Crippen molar-refractivity contribution >= 4 is 0 Å². The van der Waals surface area contributed by atoms with Gasteiger partial charge in [0.15, 0.2) is 11.5 Å². The van der Waals surface area contributed by atoms with Gasteiger partial charge < -0.3 is 19.5 Å². The van der Waals surface area contributed by atoms with Crippen molar-refractivity contribution in [2.24, 2.45) is 0 Å². The van der Waals surface area contributed by atoms with E-state index in [0.29, 0.717) is 13.2 Å². The molecule has 0 bridgehead atoms. The van der Waals surface area contributed by atoms with Crippen LogP contribution in [0, 0.1) is 0 Å². The zero-order valence-corrected chi connectivity index (χ0v) is 13.6. The van der Waals surface area contributed by atoms with Gasteiger partial charge in [0.25, 0.3) is 0 Å². The molecule has 0 radical (unpaired) electrons. The van der Waals surface area contributed by atoms with Crippen LogP contribution in [0.15, 0.2) is 30.4 Å². The van der Waals surface area contributed by atoms with Crippen LogP contribution in [0.2, 0.25) is 0 Å². The summed E-state index contributed by atoms with van der Waals surface area (Å²) in [5.41, 5.74) is 2.20. The highest BCUT2D eigenvalue weighted by Crippen LogP contribution is 2.28. The van der Waals surface area contributed by atoms with E-state index in [2.05, 4.69) is 11.9 Å². The van der Waals surface area contributed by atoms with Crippen LogP contribution in [0.1, 0.15) is 26.3 Å². The molecule has 0 fully saturated rings. The highest BCUT2D eigenvalue weighted by Gasteiger charge is 2.07. The Morgan fingerprint density at radius 1 is 1.29 bits per heavy atom. The molecule has 0 amide bonds.